The number of aliphatic hydroxyl groups excluding tert-OH is 3. The molecule has 3 saturated heterocycles. The highest BCUT2D eigenvalue weighted by Gasteiger charge is 2.53. The molecule has 0 aromatic rings. The van der Waals surface area contributed by atoms with Gasteiger partial charge >= 0.3 is 17.9 Å². The minimum absolute atomic E-state index is 0.0385. The highest BCUT2D eigenvalue weighted by Crippen LogP contribution is 2.40. The van der Waals surface area contributed by atoms with E-state index in [2.05, 4.69) is 4.74 Å². The van der Waals surface area contributed by atoms with Gasteiger partial charge in [-0.1, -0.05) is 27.7 Å². The molecule has 0 aromatic carbocycles. The lowest BCUT2D eigenvalue weighted by Crippen LogP contribution is -2.61. The predicted octanol–water partition coefficient (Wildman–Crippen LogP) is 2.20. The molecule has 356 valence electrons. The molecule has 0 radical (unpaired) electrons. The molecule has 61 heavy (non-hydrogen) atoms. The molecular formula is C43H77NO17. The van der Waals surface area contributed by atoms with Crippen molar-refractivity contribution >= 4 is 23.7 Å². The number of esters is 2. The summed E-state index contributed by atoms with van der Waals surface area (Å²) >= 11 is 0. The third-order valence-electron chi connectivity index (χ3n) is 12.7. The number of carbonyl (C=O) groups is 4. The fraction of sp³-hybridized carbons (Fsp3) is 0.907. The van der Waals surface area contributed by atoms with Gasteiger partial charge in [-0.15, -0.1) is 0 Å². The standard InChI is InChI=1S/C37H67NO13.C6H10O4/c1-14-25-37(10,45)30(41)20(4)27(39)18(2)16-35(8,44)32(51-34-28(40)24(38(11)12)15-19(3)47-34)21(5)29(22(6)33(43)49-25)50-26-17-36(9,46-13)31(42)23(7)48-26;1-2-10-6(9)4-3-5(7)8/h18-26,28-32,34,40-42,44-45H,14-17H2,1-13H3;2-4H2,1H3,(H,7,8)/t18-,19-,20+,21+,22-,23+,24+,25-,26+,28-,29+,30-,31+,32-,34+,35-,36-,37-;/m1./s1. The Hall–Kier alpha value is -2.36. The van der Waals surface area contributed by atoms with Gasteiger partial charge in [-0.3, -0.25) is 19.2 Å². The van der Waals surface area contributed by atoms with E-state index in [9.17, 15) is 44.7 Å². The van der Waals surface area contributed by atoms with Crippen LogP contribution in [0.3, 0.4) is 0 Å². The van der Waals surface area contributed by atoms with E-state index in [4.69, 9.17) is 33.5 Å². The van der Waals surface area contributed by atoms with Gasteiger partial charge < -0.3 is 68.7 Å². The third kappa shape index (κ3) is 14.1. The van der Waals surface area contributed by atoms with Crippen molar-refractivity contribution in [3.63, 3.8) is 0 Å². The van der Waals surface area contributed by atoms with Gasteiger partial charge in [-0.05, 0) is 81.8 Å². The monoisotopic (exact) mass is 880 g/mol. The van der Waals surface area contributed by atoms with Crippen LogP contribution in [0.4, 0.5) is 0 Å². The average molecular weight is 880 g/mol. The number of carboxylic acids is 1. The fourth-order valence-corrected chi connectivity index (χ4v) is 8.85. The molecule has 18 heteroatoms. The first-order valence-electron chi connectivity index (χ1n) is 21.5. The molecule has 3 fully saturated rings. The Morgan fingerprint density at radius 1 is 0.869 bits per heavy atom. The Morgan fingerprint density at radius 3 is 2.00 bits per heavy atom. The van der Waals surface area contributed by atoms with Crippen LogP contribution in [-0.4, -0.2) is 171 Å². The maximum absolute atomic E-state index is 14.1. The van der Waals surface area contributed by atoms with Crippen LogP contribution in [0, 0.1) is 23.7 Å². The molecule has 18 nitrogen and oxygen atoms in total. The molecule has 6 N–H and O–H groups in total. The van der Waals surface area contributed by atoms with Crippen molar-refractivity contribution in [2.45, 2.75) is 199 Å². The zero-order valence-corrected chi connectivity index (χ0v) is 38.7. The van der Waals surface area contributed by atoms with E-state index in [-0.39, 0.29) is 44.2 Å². The van der Waals surface area contributed by atoms with Gasteiger partial charge in [0.25, 0.3) is 0 Å². The van der Waals surface area contributed by atoms with E-state index >= 15 is 0 Å². The van der Waals surface area contributed by atoms with Gasteiger partial charge in [0.1, 0.15) is 29.7 Å². The molecular weight excluding hydrogens is 802 g/mol. The second-order valence-electron chi connectivity index (χ2n) is 18.2. The number of Topliss-reactive ketones (excluding diaryl/α,β-unsaturated/α-hetero) is 1. The molecule has 0 bridgehead atoms. The maximum atomic E-state index is 14.1. The van der Waals surface area contributed by atoms with Crippen molar-refractivity contribution in [3.8, 4) is 0 Å². The van der Waals surface area contributed by atoms with Gasteiger partial charge in [0.15, 0.2) is 12.6 Å². The van der Waals surface area contributed by atoms with Crippen molar-refractivity contribution in [1.82, 2.24) is 4.90 Å². The topological polar surface area (TPSA) is 258 Å². The second kappa shape index (κ2) is 23.0. The van der Waals surface area contributed by atoms with E-state index in [1.54, 1.807) is 48.5 Å². The van der Waals surface area contributed by atoms with Gasteiger partial charge in [-0.2, -0.15) is 0 Å². The Morgan fingerprint density at radius 2 is 1.48 bits per heavy atom. The average Bonchev–Trinajstić information content (AvgIpc) is 3.18. The summed E-state index contributed by atoms with van der Waals surface area (Å²) in [5.74, 6) is -6.41. The lowest BCUT2D eigenvalue weighted by Gasteiger charge is -2.49. The quantitative estimate of drug-likeness (QED) is 0.163. The summed E-state index contributed by atoms with van der Waals surface area (Å²) in [5, 5.41) is 65.7. The first-order chi connectivity index (χ1) is 28.1. The molecule has 0 unspecified atom stereocenters. The van der Waals surface area contributed by atoms with Crippen LogP contribution < -0.4 is 0 Å². The van der Waals surface area contributed by atoms with Gasteiger partial charge in [0.05, 0.1) is 67.1 Å². The first-order valence-corrected chi connectivity index (χ1v) is 21.5. The number of aliphatic hydroxyl groups is 5. The zero-order chi connectivity index (χ0) is 46.9. The van der Waals surface area contributed by atoms with Gasteiger partial charge in [-0.25, -0.2) is 0 Å². The number of nitrogens with zero attached hydrogens (tertiary/aromatic N) is 1. The highest BCUT2D eigenvalue weighted by atomic mass is 16.7. The SMILES string of the molecule is CCOC(=O)CCC(=O)O.CC[C@H]1OC(=O)[C@H](C)[C@@H](O[C@H]2C[C@@](C)(OC)[C@@H](O)[C@H](C)O2)[C@H](C)[C@@H](O[C@@H]2O[C@H](C)C[C@H](N(C)C)[C@H]2O)[C@](C)(O)C[C@@H](C)C(=O)[C@H](C)[C@@H](O)[C@]1(C)O. The van der Waals surface area contributed by atoms with Gasteiger partial charge in [0, 0.05) is 37.3 Å². The zero-order valence-electron chi connectivity index (χ0n) is 38.7. The highest BCUT2D eigenvalue weighted by molar-refractivity contribution is 5.83. The summed E-state index contributed by atoms with van der Waals surface area (Å²) in [6, 6.07) is -0.324. The molecule has 0 aliphatic carbocycles. The number of cyclic esters (lactones) is 1. The minimum atomic E-state index is -1.99. The van der Waals surface area contributed by atoms with E-state index in [1.807, 2.05) is 25.9 Å². The lowest BCUT2D eigenvalue weighted by molar-refractivity contribution is -0.318. The number of likely N-dealkylation sites (N-methyl/N-ethyl adjacent to an activating group) is 1. The largest absolute Gasteiger partial charge is 0.481 e. The number of carboxylic acid groups (broad SMARTS) is 1. The summed E-state index contributed by atoms with van der Waals surface area (Å²) in [6.45, 7) is 18.3. The van der Waals surface area contributed by atoms with Crippen molar-refractivity contribution in [2.24, 2.45) is 23.7 Å². The van der Waals surface area contributed by atoms with Crippen LogP contribution in [0.2, 0.25) is 0 Å². The van der Waals surface area contributed by atoms with Crippen LogP contribution >= 0.6 is 0 Å². The lowest BCUT2D eigenvalue weighted by atomic mass is 9.74. The number of ether oxygens (including phenoxy) is 7. The molecule has 18 atom stereocenters. The second-order valence-corrected chi connectivity index (χ2v) is 18.2. The van der Waals surface area contributed by atoms with Crippen LogP contribution in [0.5, 0.6) is 0 Å². The molecule has 3 heterocycles. The third-order valence-corrected chi connectivity index (χ3v) is 12.7. The maximum Gasteiger partial charge on any atom is 0.311 e. The van der Waals surface area contributed by atoms with Crippen molar-refractivity contribution in [1.29, 1.82) is 0 Å². The number of aliphatic carboxylic acids is 1. The Kier molecular flexibility index (Phi) is 20.7. The molecule has 3 rings (SSSR count). The van der Waals surface area contributed by atoms with Crippen molar-refractivity contribution in [3.05, 3.63) is 0 Å². The van der Waals surface area contributed by atoms with Crippen LogP contribution in [-0.2, 0) is 52.3 Å². The number of hydrogen-bond acceptors (Lipinski definition) is 17. The molecule has 3 aliphatic heterocycles. The number of carbonyl (C=O) groups excluding carboxylic acids is 3. The smallest absolute Gasteiger partial charge is 0.311 e. The Balaban J connectivity index is 0.00000113. The predicted molar refractivity (Wildman–Crippen MR) is 220 cm³/mol. The minimum Gasteiger partial charge on any atom is -0.481 e. The molecule has 0 spiro atoms. The van der Waals surface area contributed by atoms with Crippen LogP contribution in [0.15, 0.2) is 0 Å². The summed E-state index contributed by atoms with van der Waals surface area (Å²) in [4.78, 5) is 50.1. The van der Waals surface area contributed by atoms with E-state index < -0.39 is 119 Å². The molecule has 0 amide bonds. The summed E-state index contributed by atoms with van der Waals surface area (Å²) in [6.07, 6.45) is -9.90. The number of hydrogen-bond donors (Lipinski definition) is 6. The molecule has 0 aromatic heterocycles. The van der Waals surface area contributed by atoms with E-state index in [0.717, 1.165) is 0 Å². The summed E-state index contributed by atoms with van der Waals surface area (Å²) in [5.41, 5.74) is -4.84. The summed E-state index contributed by atoms with van der Waals surface area (Å²) in [7, 11) is 5.18. The number of rotatable bonds is 11. The number of ketones is 1. The Bertz CT molecular complexity index is 1430. The van der Waals surface area contributed by atoms with Crippen LogP contribution in [0.1, 0.15) is 115 Å². The molecule has 0 saturated carbocycles. The molecule has 3 aliphatic rings. The first kappa shape index (κ1) is 54.8. The van der Waals surface area contributed by atoms with Gasteiger partial charge in [0.2, 0.25) is 0 Å². The number of methoxy groups -OCH3 is 1. The van der Waals surface area contributed by atoms with Crippen LogP contribution in [0.25, 0.3) is 0 Å². The van der Waals surface area contributed by atoms with E-state index in [1.165, 1.54) is 27.9 Å². The Labute approximate surface area is 361 Å². The van der Waals surface area contributed by atoms with Crippen molar-refractivity contribution < 1.29 is 83.0 Å². The van der Waals surface area contributed by atoms with E-state index in [0.29, 0.717) is 13.0 Å². The fourth-order valence-electron chi connectivity index (χ4n) is 8.85. The van der Waals surface area contributed by atoms with Crippen molar-refractivity contribution in [2.75, 3.05) is 27.8 Å². The normalized spacial score (nSPS) is 43.0. The summed E-state index contributed by atoms with van der Waals surface area (Å²) < 4.78 is 41.5.